The van der Waals surface area contributed by atoms with Gasteiger partial charge in [-0.3, -0.25) is 0 Å². The summed E-state index contributed by atoms with van der Waals surface area (Å²) in [5.74, 6) is 2.08. The first-order valence-electron chi connectivity index (χ1n) is 6.94. The van der Waals surface area contributed by atoms with Crippen molar-refractivity contribution in [3.8, 4) is 0 Å². The first-order valence-corrected chi connectivity index (χ1v) is 6.94. The van der Waals surface area contributed by atoms with E-state index in [1.165, 1.54) is 58.8 Å². The molecule has 0 saturated carbocycles. The highest BCUT2D eigenvalue weighted by Crippen LogP contribution is 2.31. The van der Waals surface area contributed by atoms with Crippen molar-refractivity contribution in [1.29, 1.82) is 0 Å². The van der Waals surface area contributed by atoms with Gasteiger partial charge in [0.1, 0.15) is 6.29 Å². The third-order valence-corrected chi connectivity index (χ3v) is 4.19. The summed E-state index contributed by atoms with van der Waals surface area (Å²) in [7, 11) is 4.51. The van der Waals surface area contributed by atoms with E-state index >= 15 is 0 Å². The molecular weight excluding hydrogens is 212 g/mol. The van der Waals surface area contributed by atoms with Crippen molar-refractivity contribution in [2.45, 2.75) is 32.6 Å². The molecule has 17 heavy (non-hydrogen) atoms. The highest BCUT2D eigenvalue weighted by atomic mass is 16.1. The van der Waals surface area contributed by atoms with Gasteiger partial charge in [0.2, 0.25) is 0 Å². The fourth-order valence-electron chi connectivity index (χ4n) is 3.00. The van der Waals surface area contributed by atoms with Crippen LogP contribution in [0.5, 0.6) is 0 Å². The topological polar surface area (TPSA) is 23.6 Å². The lowest BCUT2D eigenvalue weighted by molar-refractivity contribution is -0.106. The minimum absolute atomic E-state index is 0.750. The molecular formula is C14H28N2O. The first kappa shape index (κ1) is 14.7. The van der Waals surface area contributed by atoms with Gasteiger partial charge < -0.3 is 14.6 Å². The zero-order chi connectivity index (χ0) is 12.7. The predicted octanol–water partition coefficient (Wildman–Crippen LogP) is 1.88. The average molecular weight is 240 g/mol. The molecule has 0 atom stereocenters. The van der Waals surface area contributed by atoms with E-state index in [0.29, 0.717) is 0 Å². The van der Waals surface area contributed by atoms with Crippen LogP contribution >= 0.6 is 0 Å². The Kier molecular flexibility index (Phi) is 6.75. The van der Waals surface area contributed by atoms with Gasteiger partial charge in [0.05, 0.1) is 0 Å². The van der Waals surface area contributed by atoms with Gasteiger partial charge in [-0.2, -0.15) is 0 Å². The van der Waals surface area contributed by atoms with Crippen LogP contribution in [0.2, 0.25) is 0 Å². The molecule has 100 valence electrons. The predicted molar refractivity (Wildman–Crippen MR) is 72.2 cm³/mol. The lowest BCUT2D eigenvalue weighted by Gasteiger charge is -2.38. The summed E-state index contributed by atoms with van der Waals surface area (Å²) in [5.41, 5.74) is 0. The SMILES string of the molecule is CC=O.CN1CCC(C2CCN(C)CC2)CC1. The molecule has 0 unspecified atom stereocenters. The van der Waals surface area contributed by atoms with Crippen molar-refractivity contribution in [3.63, 3.8) is 0 Å². The van der Waals surface area contributed by atoms with Crippen LogP contribution in [0, 0.1) is 11.8 Å². The molecule has 2 aliphatic rings. The smallest absolute Gasteiger partial charge is 0.116 e. The number of carbonyl (C=O) groups is 1. The van der Waals surface area contributed by atoms with Gasteiger partial charge in [-0.25, -0.2) is 0 Å². The molecule has 0 aromatic heterocycles. The van der Waals surface area contributed by atoms with Crippen LogP contribution in [-0.2, 0) is 4.79 Å². The Bertz CT molecular complexity index is 184. The average Bonchev–Trinajstić information content (AvgIpc) is 2.32. The maximum atomic E-state index is 8.81. The Balaban J connectivity index is 0.000000437. The standard InChI is InChI=1S/C12H24N2.C2H4O/c1-13-7-3-11(4-8-13)12-5-9-14(2)10-6-12;1-2-3/h11-12H,3-10H2,1-2H3;2H,1H3. The molecule has 0 amide bonds. The van der Waals surface area contributed by atoms with Crippen molar-refractivity contribution in [1.82, 2.24) is 9.80 Å². The Morgan fingerprint density at radius 3 is 1.29 bits per heavy atom. The summed E-state index contributed by atoms with van der Waals surface area (Å²) >= 11 is 0. The Labute approximate surface area is 106 Å². The second kappa shape index (κ2) is 7.83. The second-order valence-corrected chi connectivity index (χ2v) is 5.52. The molecule has 2 rings (SSSR count). The number of nitrogens with zero attached hydrogens (tertiary/aromatic N) is 2. The summed E-state index contributed by atoms with van der Waals surface area (Å²) in [4.78, 5) is 13.8. The minimum Gasteiger partial charge on any atom is -0.306 e. The van der Waals surface area contributed by atoms with E-state index in [2.05, 4.69) is 23.9 Å². The number of likely N-dealkylation sites (tertiary alicyclic amines) is 2. The van der Waals surface area contributed by atoms with Gasteiger partial charge in [-0.1, -0.05) is 0 Å². The number of rotatable bonds is 1. The molecule has 0 aliphatic carbocycles. The zero-order valence-corrected chi connectivity index (χ0v) is 11.7. The van der Waals surface area contributed by atoms with Crippen LogP contribution in [0.15, 0.2) is 0 Å². The molecule has 2 aliphatic heterocycles. The highest BCUT2D eigenvalue weighted by Gasteiger charge is 2.27. The number of hydrogen-bond acceptors (Lipinski definition) is 3. The Morgan fingerprint density at radius 1 is 0.824 bits per heavy atom. The number of aldehydes is 1. The van der Waals surface area contributed by atoms with Gasteiger partial charge in [0.25, 0.3) is 0 Å². The summed E-state index contributed by atoms with van der Waals surface area (Å²) < 4.78 is 0. The fraction of sp³-hybridized carbons (Fsp3) is 0.929. The normalized spacial score (nSPS) is 25.1. The third kappa shape index (κ3) is 5.17. The maximum absolute atomic E-state index is 8.81. The monoisotopic (exact) mass is 240 g/mol. The van der Waals surface area contributed by atoms with Crippen molar-refractivity contribution in [2.24, 2.45) is 11.8 Å². The van der Waals surface area contributed by atoms with Crippen LogP contribution in [-0.4, -0.2) is 56.4 Å². The lowest BCUT2D eigenvalue weighted by atomic mass is 9.79. The number of hydrogen-bond donors (Lipinski definition) is 0. The van der Waals surface area contributed by atoms with Crippen molar-refractivity contribution in [2.75, 3.05) is 40.3 Å². The van der Waals surface area contributed by atoms with Crippen LogP contribution in [0.4, 0.5) is 0 Å². The molecule has 0 radical (unpaired) electrons. The molecule has 2 heterocycles. The van der Waals surface area contributed by atoms with E-state index < -0.39 is 0 Å². The van der Waals surface area contributed by atoms with Crippen LogP contribution in [0.25, 0.3) is 0 Å². The van der Waals surface area contributed by atoms with Crippen LogP contribution in [0.1, 0.15) is 32.6 Å². The summed E-state index contributed by atoms with van der Waals surface area (Å²) in [5, 5.41) is 0. The van der Waals surface area contributed by atoms with Crippen LogP contribution < -0.4 is 0 Å². The van der Waals surface area contributed by atoms with Gasteiger partial charge in [-0.05, 0) is 84.7 Å². The summed E-state index contributed by atoms with van der Waals surface area (Å²) in [6.07, 6.45) is 6.55. The van der Waals surface area contributed by atoms with E-state index in [1.54, 1.807) is 0 Å². The summed E-state index contributed by atoms with van der Waals surface area (Å²) in [6, 6.07) is 0. The lowest BCUT2D eigenvalue weighted by Crippen LogP contribution is -2.38. The van der Waals surface area contributed by atoms with Crippen molar-refractivity contribution in [3.05, 3.63) is 0 Å². The van der Waals surface area contributed by atoms with E-state index in [9.17, 15) is 0 Å². The molecule has 0 N–H and O–H groups in total. The Morgan fingerprint density at radius 2 is 1.06 bits per heavy atom. The van der Waals surface area contributed by atoms with Gasteiger partial charge in [-0.15, -0.1) is 0 Å². The molecule has 2 saturated heterocycles. The molecule has 0 bridgehead atoms. The molecule has 3 heteroatoms. The third-order valence-electron chi connectivity index (χ3n) is 4.19. The van der Waals surface area contributed by atoms with E-state index in [0.717, 1.165) is 18.1 Å². The van der Waals surface area contributed by atoms with Crippen LogP contribution in [0.3, 0.4) is 0 Å². The second-order valence-electron chi connectivity index (χ2n) is 5.52. The van der Waals surface area contributed by atoms with E-state index in [4.69, 9.17) is 4.79 Å². The van der Waals surface area contributed by atoms with Gasteiger partial charge >= 0.3 is 0 Å². The van der Waals surface area contributed by atoms with E-state index in [1.807, 2.05) is 0 Å². The molecule has 0 aromatic rings. The van der Waals surface area contributed by atoms with Crippen molar-refractivity contribution < 1.29 is 4.79 Å². The van der Waals surface area contributed by atoms with Crippen molar-refractivity contribution >= 4 is 6.29 Å². The fourth-order valence-corrected chi connectivity index (χ4v) is 3.00. The largest absolute Gasteiger partial charge is 0.306 e. The molecule has 3 nitrogen and oxygen atoms in total. The first-order chi connectivity index (χ1) is 8.17. The number of piperidine rings is 2. The highest BCUT2D eigenvalue weighted by molar-refractivity contribution is 5.44. The molecule has 0 spiro atoms. The van der Waals surface area contributed by atoms with Gasteiger partial charge in [0, 0.05) is 0 Å². The number of carbonyl (C=O) groups excluding carboxylic acids is 1. The summed E-state index contributed by atoms with van der Waals surface area (Å²) in [6.45, 7) is 6.77. The van der Waals surface area contributed by atoms with E-state index in [-0.39, 0.29) is 0 Å². The van der Waals surface area contributed by atoms with Gasteiger partial charge in [0.15, 0.2) is 0 Å². The zero-order valence-electron chi connectivity index (χ0n) is 11.7. The minimum atomic E-state index is 0.750. The molecule has 0 aromatic carbocycles. The molecule has 2 fully saturated rings. The Hall–Kier alpha value is -0.410. The quantitative estimate of drug-likeness (QED) is 0.654. The maximum Gasteiger partial charge on any atom is 0.116 e.